The number of ketones is 1. The molecule has 0 heterocycles. The molecule has 0 saturated carbocycles. The van der Waals surface area contributed by atoms with Crippen LogP contribution in [0.5, 0.6) is 0 Å². The summed E-state index contributed by atoms with van der Waals surface area (Å²) in [6, 6.07) is 28.4. The van der Waals surface area contributed by atoms with E-state index in [2.05, 4.69) is 30.5 Å². The second-order valence-electron chi connectivity index (χ2n) is 8.56. The second kappa shape index (κ2) is 10.7. The summed E-state index contributed by atoms with van der Waals surface area (Å²) in [7, 11) is 0. The molecule has 0 aromatic heterocycles. The zero-order valence-corrected chi connectivity index (χ0v) is 20.1. The fourth-order valence-electron chi connectivity index (χ4n) is 3.68. The average molecular weight is 461 g/mol. The fraction of sp³-hybridized carbons (Fsp3) is 0.0968. The lowest BCUT2D eigenvalue weighted by Crippen LogP contribution is -2.14. The number of nitrogens with one attached hydrogen (secondary N) is 2. The van der Waals surface area contributed by atoms with Crippen molar-refractivity contribution in [2.75, 3.05) is 10.6 Å². The summed E-state index contributed by atoms with van der Waals surface area (Å²) >= 11 is 0. The van der Waals surface area contributed by atoms with Gasteiger partial charge in [-0.3, -0.25) is 9.59 Å². The van der Waals surface area contributed by atoms with Gasteiger partial charge in [0.15, 0.2) is 5.78 Å². The molecule has 0 aliphatic heterocycles. The second-order valence-corrected chi connectivity index (χ2v) is 8.56. The maximum absolute atomic E-state index is 13.0. The Morgan fingerprint density at radius 2 is 1.40 bits per heavy atom. The van der Waals surface area contributed by atoms with Gasteiger partial charge in [0.1, 0.15) is 0 Å². The van der Waals surface area contributed by atoms with Crippen LogP contribution in [0, 0.1) is 20.8 Å². The van der Waals surface area contributed by atoms with Gasteiger partial charge in [-0.05, 0) is 86.0 Å². The molecule has 1 amide bonds. The Hall–Kier alpha value is -4.44. The highest BCUT2D eigenvalue weighted by atomic mass is 16.1. The van der Waals surface area contributed by atoms with Gasteiger partial charge in [0.25, 0.3) is 5.91 Å². The van der Waals surface area contributed by atoms with Gasteiger partial charge in [0.2, 0.25) is 0 Å². The molecule has 0 fully saturated rings. The molecule has 0 spiro atoms. The van der Waals surface area contributed by atoms with Gasteiger partial charge in [0, 0.05) is 16.9 Å². The first-order valence-electron chi connectivity index (χ1n) is 11.5. The third-order valence-corrected chi connectivity index (χ3v) is 5.98. The number of hydrogen-bond acceptors (Lipinski definition) is 3. The van der Waals surface area contributed by atoms with Crippen molar-refractivity contribution < 1.29 is 9.59 Å². The molecular weight excluding hydrogens is 432 g/mol. The van der Waals surface area contributed by atoms with Crippen molar-refractivity contribution in [1.82, 2.24) is 0 Å². The van der Waals surface area contributed by atoms with E-state index in [1.54, 1.807) is 42.5 Å². The number of carbonyl (C=O) groups is 2. The number of anilines is 3. The Morgan fingerprint density at radius 1 is 0.714 bits per heavy atom. The zero-order chi connectivity index (χ0) is 24.8. The number of aryl methyl sites for hydroxylation is 2. The van der Waals surface area contributed by atoms with Crippen molar-refractivity contribution in [1.29, 1.82) is 0 Å². The van der Waals surface area contributed by atoms with Gasteiger partial charge in [-0.2, -0.15) is 0 Å². The molecule has 4 nitrogen and oxygen atoms in total. The highest BCUT2D eigenvalue weighted by Gasteiger charge is 2.13. The van der Waals surface area contributed by atoms with Gasteiger partial charge in [-0.15, -0.1) is 0 Å². The Bertz CT molecular complexity index is 1380. The van der Waals surface area contributed by atoms with Gasteiger partial charge in [-0.1, -0.05) is 60.2 Å². The quantitative estimate of drug-likeness (QED) is 0.222. The smallest absolute Gasteiger partial charge is 0.257 e. The number of allylic oxidation sites excluding steroid dienone is 1. The van der Waals surface area contributed by atoms with E-state index in [1.165, 1.54) is 11.1 Å². The van der Waals surface area contributed by atoms with Crippen LogP contribution in [0.15, 0.2) is 97.1 Å². The van der Waals surface area contributed by atoms with E-state index in [9.17, 15) is 9.59 Å². The van der Waals surface area contributed by atoms with E-state index in [-0.39, 0.29) is 11.7 Å². The van der Waals surface area contributed by atoms with Crippen molar-refractivity contribution in [2.24, 2.45) is 0 Å². The maximum Gasteiger partial charge on any atom is 0.257 e. The minimum absolute atomic E-state index is 0.0912. The average Bonchev–Trinajstić information content (AvgIpc) is 2.87. The monoisotopic (exact) mass is 460 g/mol. The van der Waals surface area contributed by atoms with Gasteiger partial charge in [-0.25, -0.2) is 0 Å². The third-order valence-electron chi connectivity index (χ3n) is 5.98. The summed E-state index contributed by atoms with van der Waals surface area (Å²) in [6.45, 7) is 6.14. The number of carbonyl (C=O) groups excluding carboxylic acids is 2. The molecule has 4 aromatic carbocycles. The van der Waals surface area contributed by atoms with Crippen molar-refractivity contribution in [3.05, 3.63) is 130 Å². The van der Waals surface area contributed by atoms with Crippen LogP contribution in [0.1, 0.15) is 43.0 Å². The molecule has 0 aliphatic rings. The van der Waals surface area contributed by atoms with Crippen LogP contribution in [0.4, 0.5) is 17.1 Å². The van der Waals surface area contributed by atoms with Crippen LogP contribution >= 0.6 is 0 Å². The summed E-state index contributed by atoms with van der Waals surface area (Å²) in [5.74, 6) is -0.316. The van der Waals surface area contributed by atoms with Gasteiger partial charge >= 0.3 is 0 Å². The van der Waals surface area contributed by atoms with Gasteiger partial charge in [0.05, 0.1) is 11.3 Å². The highest BCUT2D eigenvalue weighted by molar-refractivity contribution is 6.09. The van der Waals surface area contributed by atoms with Crippen LogP contribution in [-0.4, -0.2) is 11.7 Å². The minimum Gasteiger partial charge on any atom is -0.355 e. The summed E-state index contributed by atoms with van der Waals surface area (Å²) < 4.78 is 0. The summed E-state index contributed by atoms with van der Waals surface area (Å²) in [5.41, 5.74) is 7.88. The van der Waals surface area contributed by atoms with E-state index in [4.69, 9.17) is 0 Å². The predicted molar refractivity (Wildman–Crippen MR) is 145 cm³/mol. The largest absolute Gasteiger partial charge is 0.355 e. The highest BCUT2D eigenvalue weighted by Crippen LogP contribution is 2.26. The molecule has 0 saturated heterocycles. The Labute approximate surface area is 206 Å². The topological polar surface area (TPSA) is 58.2 Å². The Kier molecular flexibility index (Phi) is 7.22. The van der Waals surface area contributed by atoms with Crippen LogP contribution in [0.25, 0.3) is 6.08 Å². The molecule has 4 aromatic rings. The van der Waals surface area contributed by atoms with E-state index >= 15 is 0 Å². The molecule has 4 rings (SSSR count). The van der Waals surface area contributed by atoms with E-state index < -0.39 is 0 Å². The lowest BCUT2D eigenvalue weighted by molar-refractivity contribution is 0.102. The number of amides is 1. The molecule has 4 heteroatoms. The predicted octanol–water partition coefficient (Wildman–Crippen LogP) is 7.50. The summed E-state index contributed by atoms with van der Waals surface area (Å²) in [6.07, 6.45) is 3.37. The molecule has 174 valence electrons. The lowest BCUT2D eigenvalue weighted by Gasteiger charge is -2.15. The Morgan fingerprint density at radius 3 is 2.14 bits per heavy atom. The van der Waals surface area contributed by atoms with Crippen LogP contribution in [0.2, 0.25) is 0 Å². The molecular formula is C31H28N2O2. The van der Waals surface area contributed by atoms with E-state index in [0.717, 1.165) is 22.5 Å². The summed E-state index contributed by atoms with van der Waals surface area (Å²) in [5, 5.41) is 6.32. The van der Waals surface area contributed by atoms with E-state index in [1.807, 2.05) is 61.5 Å². The fourth-order valence-corrected chi connectivity index (χ4v) is 3.68. The van der Waals surface area contributed by atoms with Gasteiger partial charge < -0.3 is 10.6 Å². The molecule has 0 radical (unpaired) electrons. The van der Waals surface area contributed by atoms with Crippen molar-refractivity contribution in [2.45, 2.75) is 20.8 Å². The van der Waals surface area contributed by atoms with Crippen LogP contribution in [-0.2, 0) is 0 Å². The first kappa shape index (κ1) is 23.7. The Balaban J connectivity index is 1.45. The zero-order valence-electron chi connectivity index (χ0n) is 20.1. The molecule has 0 bridgehead atoms. The first-order chi connectivity index (χ1) is 16.9. The molecule has 0 unspecified atom stereocenters. The number of hydrogen-bond donors (Lipinski definition) is 2. The summed E-state index contributed by atoms with van der Waals surface area (Å²) in [4.78, 5) is 25.6. The van der Waals surface area contributed by atoms with E-state index in [0.29, 0.717) is 16.8 Å². The number of para-hydroxylation sites is 1. The van der Waals surface area contributed by atoms with Crippen LogP contribution in [0.3, 0.4) is 0 Å². The first-order valence-corrected chi connectivity index (χ1v) is 11.5. The molecule has 0 atom stereocenters. The number of benzene rings is 4. The van der Waals surface area contributed by atoms with Crippen molar-refractivity contribution in [3.8, 4) is 0 Å². The molecule has 35 heavy (non-hydrogen) atoms. The molecule has 0 aliphatic carbocycles. The maximum atomic E-state index is 13.0. The standard InChI is InChI=1S/C31H28N2O2/c1-21-11-13-24(14-12-21)15-20-30(34)25-16-18-26(19-17-25)32-31(35)27-8-4-5-9-29(27)33-28-10-6-7-22(2)23(28)3/h4-20,33H,1-3H3,(H,32,35)/b20-15+. The number of rotatable bonds is 7. The van der Waals surface area contributed by atoms with Crippen molar-refractivity contribution in [3.63, 3.8) is 0 Å². The minimum atomic E-state index is -0.225. The van der Waals surface area contributed by atoms with Crippen molar-refractivity contribution >= 4 is 34.8 Å². The lowest BCUT2D eigenvalue weighted by atomic mass is 10.1. The SMILES string of the molecule is Cc1ccc(/C=C/C(=O)c2ccc(NC(=O)c3ccccc3Nc3cccc(C)c3C)cc2)cc1. The normalized spacial score (nSPS) is 10.8. The van der Waals surface area contributed by atoms with Crippen LogP contribution < -0.4 is 10.6 Å². The third kappa shape index (κ3) is 5.92. The molecule has 2 N–H and O–H groups in total.